The summed E-state index contributed by atoms with van der Waals surface area (Å²) in [6, 6.07) is -1.09. The van der Waals surface area contributed by atoms with Crippen LogP contribution in [0.25, 0.3) is 0 Å². The van der Waals surface area contributed by atoms with Crippen molar-refractivity contribution in [3.63, 3.8) is 0 Å². The highest BCUT2D eigenvalue weighted by Gasteiger charge is 2.37. The van der Waals surface area contributed by atoms with Crippen LogP contribution in [0.1, 0.15) is 61.3 Å². The van der Waals surface area contributed by atoms with Gasteiger partial charge in [0, 0.05) is 13.6 Å². The lowest BCUT2D eigenvalue weighted by Crippen LogP contribution is -2.56. The van der Waals surface area contributed by atoms with E-state index in [1.54, 1.807) is 53.8 Å². The van der Waals surface area contributed by atoms with Crippen molar-refractivity contribution in [1.82, 2.24) is 20.9 Å². The highest BCUT2D eigenvalue weighted by Crippen LogP contribution is 2.29. The Morgan fingerprint density at radius 2 is 1.81 bits per heavy atom. The lowest BCUT2D eigenvalue weighted by molar-refractivity contribution is -0.124. The minimum Gasteiger partial charge on any atom is -0.444 e. The molecular formula is C31H45N5O6. The molecule has 0 spiro atoms. The summed E-state index contributed by atoms with van der Waals surface area (Å²) >= 11 is 0. The van der Waals surface area contributed by atoms with Gasteiger partial charge in [0.15, 0.2) is 0 Å². The van der Waals surface area contributed by atoms with Gasteiger partial charge >= 0.3 is 12.2 Å². The van der Waals surface area contributed by atoms with E-state index in [4.69, 9.17) is 14.5 Å². The molecule has 0 bridgehead atoms. The van der Waals surface area contributed by atoms with Crippen LogP contribution in [0, 0.1) is 17.8 Å². The topological polar surface area (TPSA) is 138 Å². The van der Waals surface area contributed by atoms with E-state index in [1.807, 2.05) is 44.2 Å². The third-order valence-corrected chi connectivity index (χ3v) is 7.19. The SMILES string of the molecule is CC(C)C[C@H](NC(=O)OC(C)(C)C)C(=O)NCC(C)(C)N(C)C(=O)OC1=CC=CCC1C1=NC2C=CC=CC2C(=O)N1. The normalized spacial score (nSPS) is 22.3. The second-order valence-electron chi connectivity index (χ2n) is 12.9. The molecule has 0 fully saturated rings. The van der Waals surface area contributed by atoms with Gasteiger partial charge in [0.05, 0.1) is 23.4 Å². The maximum absolute atomic E-state index is 13.3. The second-order valence-corrected chi connectivity index (χ2v) is 12.9. The third-order valence-electron chi connectivity index (χ3n) is 7.19. The van der Waals surface area contributed by atoms with Gasteiger partial charge in [0.25, 0.3) is 0 Å². The van der Waals surface area contributed by atoms with Gasteiger partial charge in [-0.15, -0.1) is 0 Å². The Hall–Kier alpha value is -3.89. The van der Waals surface area contributed by atoms with E-state index in [-0.39, 0.29) is 36.2 Å². The number of fused-ring (bicyclic) bond motifs is 1. The van der Waals surface area contributed by atoms with Crippen LogP contribution in [0.4, 0.5) is 9.59 Å². The molecule has 1 heterocycles. The Morgan fingerprint density at radius 1 is 1.12 bits per heavy atom. The van der Waals surface area contributed by atoms with Crippen molar-refractivity contribution in [3.8, 4) is 0 Å². The number of hydrogen-bond donors (Lipinski definition) is 3. The molecule has 3 N–H and O–H groups in total. The van der Waals surface area contributed by atoms with Crippen LogP contribution in [0.2, 0.25) is 0 Å². The number of nitrogens with one attached hydrogen (secondary N) is 3. The van der Waals surface area contributed by atoms with Gasteiger partial charge in [-0.3, -0.25) is 14.6 Å². The molecule has 0 aromatic rings. The summed E-state index contributed by atoms with van der Waals surface area (Å²) in [5, 5.41) is 8.42. The monoisotopic (exact) mass is 583 g/mol. The number of amidine groups is 1. The van der Waals surface area contributed by atoms with Gasteiger partial charge in [-0.2, -0.15) is 0 Å². The van der Waals surface area contributed by atoms with Crippen molar-refractivity contribution < 1.29 is 28.7 Å². The smallest absolute Gasteiger partial charge is 0.415 e. The van der Waals surface area contributed by atoms with E-state index in [1.165, 1.54) is 4.90 Å². The number of amides is 4. The van der Waals surface area contributed by atoms with E-state index in [0.717, 1.165) is 0 Å². The molecule has 3 rings (SSSR count). The number of nitrogens with zero attached hydrogens (tertiary/aromatic N) is 2. The van der Waals surface area contributed by atoms with Crippen LogP contribution in [0.5, 0.6) is 0 Å². The lowest BCUT2D eigenvalue weighted by atomic mass is 9.90. The standard InChI is InChI=1S/C31H45N5O6/c1-19(2)17-23(34-28(39)42-30(3,4)5)27(38)32-18-31(6,7)36(8)29(40)41-24-16-12-10-14-21(24)25-33-22-15-11-9-13-20(22)26(37)35-25/h9-13,15-16,19-23H,14,17-18H2,1-8H3,(H,32,38)(H,34,39)(H,33,35,37)/t20?,21?,22?,23-/m0/s1. The van der Waals surface area contributed by atoms with Crippen molar-refractivity contribution >= 4 is 29.8 Å². The van der Waals surface area contributed by atoms with Gasteiger partial charge in [-0.25, -0.2) is 9.59 Å². The first-order valence-corrected chi connectivity index (χ1v) is 14.4. The minimum absolute atomic E-state index is 0.107. The average Bonchev–Trinajstić information content (AvgIpc) is 2.90. The van der Waals surface area contributed by atoms with Gasteiger partial charge in [0.2, 0.25) is 11.8 Å². The molecule has 0 aromatic heterocycles. The van der Waals surface area contributed by atoms with E-state index in [0.29, 0.717) is 24.4 Å². The number of aliphatic imine (C=N–C) groups is 1. The zero-order chi connectivity index (χ0) is 31.2. The quantitative estimate of drug-likeness (QED) is 0.375. The lowest BCUT2D eigenvalue weighted by Gasteiger charge is -2.36. The summed E-state index contributed by atoms with van der Waals surface area (Å²) in [5.74, 6) is -0.308. The fourth-order valence-corrected chi connectivity index (χ4v) is 4.62. The number of alkyl carbamates (subject to hydrolysis) is 1. The summed E-state index contributed by atoms with van der Waals surface area (Å²) in [5.41, 5.74) is -1.54. The van der Waals surface area contributed by atoms with Crippen molar-refractivity contribution in [1.29, 1.82) is 0 Å². The Kier molecular flexibility index (Phi) is 10.4. The molecule has 2 aliphatic carbocycles. The molecule has 4 amide bonds. The molecule has 1 aliphatic heterocycles. The summed E-state index contributed by atoms with van der Waals surface area (Å²) < 4.78 is 11.2. The number of carbonyl (C=O) groups is 4. The molecular weight excluding hydrogens is 538 g/mol. The predicted molar refractivity (Wildman–Crippen MR) is 160 cm³/mol. The molecule has 0 saturated carbocycles. The summed E-state index contributed by atoms with van der Waals surface area (Å²) in [7, 11) is 1.59. The maximum atomic E-state index is 13.3. The van der Waals surface area contributed by atoms with Crippen LogP contribution in [0.3, 0.4) is 0 Å². The first-order chi connectivity index (χ1) is 19.6. The zero-order valence-corrected chi connectivity index (χ0v) is 25.9. The zero-order valence-electron chi connectivity index (χ0n) is 25.9. The molecule has 11 nitrogen and oxygen atoms in total. The Labute approximate surface area is 248 Å². The third kappa shape index (κ3) is 8.80. The first-order valence-electron chi connectivity index (χ1n) is 14.4. The average molecular weight is 584 g/mol. The van der Waals surface area contributed by atoms with E-state index < -0.39 is 35.3 Å². The van der Waals surface area contributed by atoms with Crippen LogP contribution in [-0.2, 0) is 19.1 Å². The van der Waals surface area contributed by atoms with Gasteiger partial charge < -0.3 is 30.3 Å². The maximum Gasteiger partial charge on any atom is 0.415 e. The number of rotatable bonds is 9. The summed E-state index contributed by atoms with van der Waals surface area (Å²) in [4.78, 5) is 57.6. The highest BCUT2D eigenvalue weighted by atomic mass is 16.6. The minimum atomic E-state index is -0.843. The molecule has 4 atom stereocenters. The van der Waals surface area contributed by atoms with Gasteiger partial charge in [0.1, 0.15) is 23.2 Å². The van der Waals surface area contributed by atoms with Crippen molar-refractivity contribution in [2.75, 3.05) is 13.6 Å². The molecule has 11 heteroatoms. The Morgan fingerprint density at radius 3 is 2.48 bits per heavy atom. The van der Waals surface area contributed by atoms with Crippen molar-refractivity contribution in [2.24, 2.45) is 22.7 Å². The van der Waals surface area contributed by atoms with E-state index >= 15 is 0 Å². The first kappa shape index (κ1) is 32.6. The van der Waals surface area contributed by atoms with Crippen LogP contribution >= 0.6 is 0 Å². The number of hydrogen-bond acceptors (Lipinski definition) is 7. The predicted octanol–water partition coefficient (Wildman–Crippen LogP) is 3.99. The fraction of sp³-hybridized carbons (Fsp3) is 0.581. The number of ether oxygens (including phenoxy) is 2. The molecule has 0 saturated heterocycles. The molecule has 230 valence electrons. The highest BCUT2D eigenvalue weighted by molar-refractivity contribution is 6.04. The van der Waals surface area contributed by atoms with Crippen molar-refractivity contribution in [2.45, 2.75) is 84.5 Å². The number of allylic oxidation sites excluding steroid dienone is 5. The molecule has 42 heavy (non-hydrogen) atoms. The van der Waals surface area contributed by atoms with E-state index in [9.17, 15) is 19.2 Å². The second kappa shape index (κ2) is 13.4. The summed E-state index contributed by atoms with van der Waals surface area (Å²) in [6.45, 7) is 12.9. The molecule has 0 aromatic carbocycles. The Bertz CT molecular complexity index is 1210. The Balaban J connectivity index is 1.63. The number of carbonyl (C=O) groups excluding carboxylic acids is 4. The fourth-order valence-electron chi connectivity index (χ4n) is 4.62. The van der Waals surface area contributed by atoms with Gasteiger partial charge in [-0.05, 0) is 59.5 Å². The van der Waals surface area contributed by atoms with Crippen LogP contribution in [-0.4, -0.2) is 71.6 Å². The van der Waals surface area contributed by atoms with Crippen molar-refractivity contribution in [3.05, 3.63) is 48.3 Å². The summed E-state index contributed by atoms with van der Waals surface area (Å²) in [6.07, 6.45) is 12.5. The van der Waals surface area contributed by atoms with Crippen LogP contribution in [0.15, 0.2) is 53.3 Å². The number of likely N-dealkylation sites (N-methyl/N-ethyl adjacent to an activating group) is 1. The van der Waals surface area contributed by atoms with Gasteiger partial charge in [-0.1, -0.05) is 50.3 Å². The molecule has 3 aliphatic rings. The molecule has 3 unspecified atom stereocenters. The largest absolute Gasteiger partial charge is 0.444 e. The molecule has 0 radical (unpaired) electrons. The van der Waals surface area contributed by atoms with Crippen LogP contribution < -0.4 is 16.0 Å². The van der Waals surface area contributed by atoms with E-state index in [2.05, 4.69) is 16.0 Å².